The summed E-state index contributed by atoms with van der Waals surface area (Å²) in [5.41, 5.74) is 1.56. The van der Waals surface area contributed by atoms with Crippen LogP contribution in [0, 0.1) is 11.8 Å². The average molecular weight is 411 g/mol. The zero-order chi connectivity index (χ0) is 22.0. The largest absolute Gasteiger partial charge is 0.103 e. The first-order valence-corrected chi connectivity index (χ1v) is 12.7. The molecule has 0 rings (SSSR count). The molecule has 0 aromatic heterocycles. The van der Waals surface area contributed by atoms with Gasteiger partial charge in [-0.2, -0.15) is 0 Å². The van der Waals surface area contributed by atoms with E-state index in [0.29, 0.717) is 0 Å². The molecule has 0 aliphatic rings. The van der Waals surface area contributed by atoms with Crippen molar-refractivity contribution >= 4 is 0 Å². The zero-order valence-corrected chi connectivity index (χ0v) is 21.4. The van der Waals surface area contributed by atoms with Crippen LogP contribution in [0.4, 0.5) is 0 Å². The van der Waals surface area contributed by atoms with E-state index in [-0.39, 0.29) is 7.43 Å². The molecule has 0 spiro atoms. The number of rotatable bonds is 16. The first-order valence-electron chi connectivity index (χ1n) is 12.7. The molecular formula is C29H62. The smallest absolute Gasteiger partial charge is 0.0323 e. The highest BCUT2D eigenvalue weighted by Crippen LogP contribution is 2.22. The van der Waals surface area contributed by atoms with Crippen LogP contribution in [-0.4, -0.2) is 0 Å². The van der Waals surface area contributed by atoms with E-state index in [1.807, 2.05) is 19.9 Å². The second kappa shape index (κ2) is 32.2. The molecule has 0 aliphatic heterocycles. The quantitative estimate of drug-likeness (QED) is 0.175. The molecule has 0 bridgehead atoms. The minimum atomic E-state index is 0. The van der Waals surface area contributed by atoms with E-state index in [1.165, 1.54) is 89.9 Å². The Bertz CT molecular complexity index is 297. The second-order valence-corrected chi connectivity index (χ2v) is 8.50. The Morgan fingerprint density at radius 3 is 1.79 bits per heavy atom. The minimum absolute atomic E-state index is 0. The summed E-state index contributed by atoms with van der Waals surface area (Å²) < 4.78 is 0. The van der Waals surface area contributed by atoms with Crippen molar-refractivity contribution in [3.63, 3.8) is 0 Å². The summed E-state index contributed by atoms with van der Waals surface area (Å²) in [5, 5.41) is 0. The van der Waals surface area contributed by atoms with Gasteiger partial charge in [-0.1, -0.05) is 131 Å². The van der Waals surface area contributed by atoms with Crippen molar-refractivity contribution in [2.45, 2.75) is 153 Å². The Kier molecular flexibility index (Phi) is 39.8. The van der Waals surface area contributed by atoms with Crippen LogP contribution in [0.25, 0.3) is 0 Å². The molecule has 0 fully saturated rings. The standard InChI is InChI=1S/C17H34.C9H18.C2H6.CH4/c1-5-8-9-14-17(12-6-2)15-11-10-13-16(4)7-3;1-4-5-6-7-8-9(2)3;1-2;/h7,17H,5-6,8-15H2,1-4H3;4,9H,1,5-8H2,2-3H3;1-2H3;1H4/b16-7-;;;/t17-;;;/m1.../s1. The van der Waals surface area contributed by atoms with Crippen LogP contribution in [0.5, 0.6) is 0 Å². The number of unbranched alkanes of at least 4 members (excludes halogenated alkanes) is 5. The molecular weight excluding hydrogens is 348 g/mol. The fraction of sp³-hybridized carbons (Fsp3) is 0.862. The third kappa shape index (κ3) is 35.3. The predicted octanol–water partition coefficient (Wildman–Crippen LogP) is 11.6. The number of hydrogen-bond donors (Lipinski definition) is 0. The maximum absolute atomic E-state index is 3.68. The lowest BCUT2D eigenvalue weighted by atomic mass is 9.91. The van der Waals surface area contributed by atoms with Crippen LogP contribution in [0.2, 0.25) is 0 Å². The molecule has 0 N–H and O–H groups in total. The van der Waals surface area contributed by atoms with Gasteiger partial charge >= 0.3 is 0 Å². The van der Waals surface area contributed by atoms with Crippen molar-refractivity contribution in [3.05, 3.63) is 24.3 Å². The summed E-state index contributed by atoms with van der Waals surface area (Å²) in [6.07, 6.45) is 23.6. The zero-order valence-electron chi connectivity index (χ0n) is 21.4. The minimum Gasteiger partial charge on any atom is -0.103 e. The van der Waals surface area contributed by atoms with Gasteiger partial charge in [-0.25, -0.2) is 0 Å². The number of allylic oxidation sites excluding steroid dienone is 3. The molecule has 0 amide bonds. The summed E-state index contributed by atoms with van der Waals surface area (Å²) in [6, 6.07) is 0. The highest BCUT2D eigenvalue weighted by molar-refractivity contribution is 4.94. The van der Waals surface area contributed by atoms with Crippen molar-refractivity contribution in [3.8, 4) is 0 Å². The van der Waals surface area contributed by atoms with E-state index < -0.39 is 0 Å². The summed E-state index contributed by atoms with van der Waals surface area (Å²) in [4.78, 5) is 0. The van der Waals surface area contributed by atoms with E-state index in [9.17, 15) is 0 Å². The predicted molar refractivity (Wildman–Crippen MR) is 142 cm³/mol. The van der Waals surface area contributed by atoms with Crippen molar-refractivity contribution in [1.29, 1.82) is 0 Å². The fourth-order valence-corrected chi connectivity index (χ4v) is 3.35. The van der Waals surface area contributed by atoms with Gasteiger partial charge in [0.2, 0.25) is 0 Å². The van der Waals surface area contributed by atoms with E-state index in [4.69, 9.17) is 0 Å². The topological polar surface area (TPSA) is 0 Å². The second-order valence-electron chi connectivity index (χ2n) is 8.50. The molecule has 0 heteroatoms. The van der Waals surface area contributed by atoms with Gasteiger partial charge in [0.1, 0.15) is 0 Å². The van der Waals surface area contributed by atoms with Crippen LogP contribution in [-0.2, 0) is 0 Å². The van der Waals surface area contributed by atoms with Gasteiger partial charge in [0, 0.05) is 0 Å². The summed E-state index contributed by atoms with van der Waals surface area (Å²) in [7, 11) is 0. The molecule has 0 aromatic carbocycles. The lowest BCUT2D eigenvalue weighted by Crippen LogP contribution is -2.00. The van der Waals surface area contributed by atoms with Crippen LogP contribution in [0.1, 0.15) is 153 Å². The van der Waals surface area contributed by atoms with Crippen molar-refractivity contribution in [2.24, 2.45) is 11.8 Å². The molecule has 29 heavy (non-hydrogen) atoms. The summed E-state index contributed by atoms with van der Waals surface area (Å²) >= 11 is 0. The Morgan fingerprint density at radius 2 is 1.34 bits per heavy atom. The van der Waals surface area contributed by atoms with E-state index in [2.05, 4.69) is 54.2 Å². The lowest BCUT2D eigenvalue weighted by Gasteiger charge is -2.15. The molecule has 178 valence electrons. The van der Waals surface area contributed by atoms with E-state index in [1.54, 1.807) is 5.57 Å². The average Bonchev–Trinajstić information content (AvgIpc) is 2.70. The van der Waals surface area contributed by atoms with Gasteiger partial charge in [-0.05, 0) is 51.4 Å². The molecule has 0 heterocycles. The molecule has 0 aliphatic carbocycles. The Labute approximate surface area is 189 Å². The van der Waals surface area contributed by atoms with Crippen LogP contribution in [0.15, 0.2) is 24.3 Å². The van der Waals surface area contributed by atoms with Gasteiger partial charge in [0.25, 0.3) is 0 Å². The fourth-order valence-electron chi connectivity index (χ4n) is 3.35. The SMILES string of the molecule is C.C/C=C(/C)CCCC[C@H](CCC)CCCCC.C=CCCCCC(C)C.CC. The molecule has 0 saturated carbocycles. The normalized spacial score (nSPS) is 11.6. The van der Waals surface area contributed by atoms with Crippen LogP contribution < -0.4 is 0 Å². The Balaban J connectivity index is -0.000000221. The van der Waals surface area contributed by atoms with Crippen molar-refractivity contribution in [2.75, 3.05) is 0 Å². The molecule has 0 nitrogen and oxygen atoms in total. The monoisotopic (exact) mass is 410 g/mol. The molecule has 0 radical (unpaired) electrons. The highest BCUT2D eigenvalue weighted by atomic mass is 14.1. The maximum atomic E-state index is 3.68. The molecule has 0 saturated heterocycles. The lowest BCUT2D eigenvalue weighted by molar-refractivity contribution is 0.383. The van der Waals surface area contributed by atoms with Gasteiger partial charge in [0.15, 0.2) is 0 Å². The van der Waals surface area contributed by atoms with Crippen LogP contribution >= 0.6 is 0 Å². The summed E-state index contributed by atoms with van der Waals surface area (Å²) in [5.74, 6) is 1.88. The van der Waals surface area contributed by atoms with E-state index in [0.717, 1.165) is 11.8 Å². The number of hydrogen-bond acceptors (Lipinski definition) is 0. The van der Waals surface area contributed by atoms with Gasteiger partial charge < -0.3 is 0 Å². The van der Waals surface area contributed by atoms with Gasteiger partial charge in [-0.3, -0.25) is 0 Å². The third-order valence-corrected chi connectivity index (χ3v) is 5.28. The summed E-state index contributed by atoms with van der Waals surface area (Å²) in [6.45, 7) is 21.3. The maximum Gasteiger partial charge on any atom is -0.0323 e. The van der Waals surface area contributed by atoms with Gasteiger partial charge in [0.05, 0.1) is 0 Å². The van der Waals surface area contributed by atoms with Crippen LogP contribution in [0.3, 0.4) is 0 Å². The van der Waals surface area contributed by atoms with E-state index >= 15 is 0 Å². The van der Waals surface area contributed by atoms with Crippen molar-refractivity contribution in [1.82, 2.24) is 0 Å². The van der Waals surface area contributed by atoms with Gasteiger partial charge in [-0.15, -0.1) is 6.58 Å². The first kappa shape index (κ1) is 35.9. The molecule has 0 aromatic rings. The Hall–Kier alpha value is -0.520. The van der Waals surface area contributed by atoms with Crippen molar-refractivity contribution < 1.29 is 0 Å². The highest BCUT2D eigenvalue weighted by Gasteiger charge is 2.07. The Morgan fingerprint density at radius 1 is 0.793 bits per heavy atom. The first-order chi connectivity index (χ1) is 13.5. The third-order valence-electron chi connectivity index (χ3n) is 5.28. The molecule has 0 unspecified atom stereocenters. The molecule has 1 atom stereocenters.